The van der Waals surface area contributed by atoms with E-state index in [1.54, 1.807) is 0 Å². The van der Waals surface area contributed by atoms with Crippen molar-refractivity contribution < 1.29 is 4.79 Å². The second-order valence-corrected chi connectivity index (χ2v) is 4.71. The zero-order valence-corrected chi connectivity index (χ0v) is 9.68. The van der Waals surface area contributed by atoms with Crippen molar-refractivity contribution in [2.75, 3.05) is 0 Å². The zero-order chi connectivity index (χ0) is 10.1. The maximum atomic E-state index is 10.9. The standard InChI is InChI=1S/C11H13BrO/c1-8-4-5-9(12)6-10(8)11(2,3)7-13/h4-7H,1-3H3. The number of hydrogen-bond donors (Lipinski definition) is 0. The average Bonchev–Trinajstić information content (AvgIpc) is 2.09. The molecule has 2 heteroatoms. The van der Waals surface area contributed by atoms with Crippen LogP contribution in [-0.2, 0) is 10.2 Å². The Morgan fingerprint density at radius 1 is 1.38 bits per heavy atom. The third kappa shape index (κ3) is 2.19. The zero-order valence-electron chi connectivity index (χ0n) is 8.10. The van der Waals surface area contributed by atoms with Crippen molar-refractivity contribution in [1.29, 1.82) is 0 Å². The van der Waals surface area contributed by atoms with Crippen LogP contribution in [0.25, 0.3) is 0 Å². The summed E-state index contributed by atoms with van der Waals surface area (Å²) in [6, 6.07) is 6.01. The lowest BCUT2D eigenvalue weighted by molar-refractivity contribution is -0.111. The molecule has 1 nitrogen and oxygen atoms in total. The molecule has 0 saturated carbocycles. The van der Waals surface area contributed by atoms with Crippen LogP contribution >= 0.6 is 15.9 Å². The third-order valence-electron chi connectivity index (χ3n) is 2.19. The molecule has 0 fully saturated rings. The van der Waals surface area contributed by atoms with E-state index in [1.165, 1.54) is 0 Å². The van der Waals surface area contributed by atoms with Crippen molar-refractivity contribution in [3.63, 3.8) is 0 Å². The van der Waals surface area contributed by atoms with E-state index in [9.17, 15) is 4.79 Å². The van der Waals surface area contributed by atoms with Crippen LogP contribution in [0.2, 0.25) is 0 Å². The predicted octanol–water partition coefficient (Wildman–Crippen LogP) is 3.23. The van der Waals surface area contributed by atoms with Gasteiger partial charge in [0.15, 0.2) is 0 Å². The van der Waals surface area contributed by atoms with Crippen LogP contribution in [0, 0.1) is 6.92 Å². The molecule has 0 saturated heterocycles. The van der Waals surface area contributed by atoms with E-state index in [0.29, 0.717) is 0 Å². The molecule has 0 unspecified atom stereocenters. The van der Waals surface area contributed by atoms with Gasteiger partial charge in [-0.15, -0.1) is 0 Å². The van der Waals surface area contributed by atoms with E-state index in [1.807, 2.05) is 39.0 Å². The highest BCUT2D eigenvalue weighted by Gasteiger charge is 2.21. The molecule has 0 aliphatic rings. The molecule has 0 aromatic heterocycles. The molecule has 0 aliphatic heterocycles. The Morgan fingerprint density at radius 3 is 2.54 bits per heavy atom. The average molecular weight is 241 g/mol. The van der Waals surface area contributed by atoms with Crippen LogP contribution in [0.1, 0.15) is 25.0 Å². The van der Waals surface area contributed by atoms with E-state index in [-0.39, 0.29) is 0 Å². The molecule has 70 valence electrons. The summed E-state index contributed by atoms with van der Waals surface area (Å²) in [5, 5.41) is 0. The molecular formula is C11H13BrO. The third-order valence-corrected chi connectivity index (χ3v) is 2.68. The summed E-state index contributed by atoms with van der Waals surface area (Å²) >= 11 is 3.40. The Morgan fingerprint density at radius 2 is 2.00 bits per heavy atom. The minimum Gasteiger partial charge on any atom is -0.302 e. The quantitative estimate of drug-likeness (QED) is 0.726. The molecule has 0 heterocycles. The van der Waals surface area contributed by atoms with Crippen LogP contribution in [0.4, 0.5) is 0 Å². The van der Waals surface area contributed by atoms with Gasteiger partial charge in [-0.3, -0.25) is 0 Å². The lowest BCUT2D eigenvalue weighted by atomic mass is 9.84. The normalized spacial score (nSPS) is 11.4. The summed E-state index contributed by atoms with van der Waals surface area (Å²) < 4.78 is 1.02. The fourth-order valence-corrected chi connectivity index (χ4v) is 1.71. The Kier molecular flexibility index (Phi) is 2.91. The van der Waals surface area contributed by atoms with Gasteiger partial charge in [-0.2, -0.15) is 0 Å². The molecule has 1 rings (SSSR count). The van der Waals surface area contributed by atoms with E-state index in [0.717, 1.165) is 21.9 Å². The van der Waals surface area contributed by atoms with Crippen molar-refractivity contribution in [2.24, 2.45) is 0 Å². The number of hydrogen-bond acceptors (Lipinski definition) is 1. The Balaban J connectivity index is 3.28. The first-order chi connectivity index (χ1) is 5.97. The lowest BCUT2D eigenvalue weighted by Gasteiger charge is -2.20. The summed E-state index contributed by atoms with van der Waals surface area (Å²) in [6.07, 6.45) is 0.988. The number of halogens is 1. The van der Waals surface area contributed by atoms with Crippen LogP contribution in [0.3, 0.4) is 0 Å². The van der Waals surface area contributed by atoms with Gasteiger partial charge in [-0.05, 0) is 44.0 Å². The Bertz CT molecular complexity index is 329. The molecule has 1 aromatic carbocycles. The van der Waals surface area contributed by atoms with Gasteiger partial charge in [0.2, 0.25) is 0 Å². The highest BCUT2D eigenvalue weighted by Crippen LogP contribution is 2.26. The topological polar surface area (TPSA) is 17.1 Å². The van der Waals surface area contributed by atoms with Crippen LogP contribution in [0.15, 0.2) is 22.7 Å². The molecule has 0 amide bonds. The summed E-state index contributed by atoms with van der Waals surface area (Å²) in [7, 11) is 0. The lowest BCUT2D eigenvalue weighted by Crippen LogP contribution is -2.19. The molecular weight excluding hydrogens is 228 g/mol. The first kappa shape index (κ1) is 10.5. The van der Waals surface area contributed by atoms with Gasteiger partial charge in [-0.1, -0.05) is 22.0 Å². The molecule has 1 aromatic rings. The molecule has 13 heavy (non-hydrogen) atoms. The van der Waals surface area contributed by atoms with Crippen LogP contribution in [-0.4, -0.2) is 6.29 Å². The molecule has 0 N–H and O–H groups in total. The fourth-order valence-electron chi connectivity index (χ4n) is 1.35. The van der Waals surface area contributed by atoms with E-state index < -0.39 is 5.41 Å². The number of aryl methyl sites for hydroxylation is 1. The van der Waals surface area contributed by atoms with Gasteiger partial charge in [-0.25, -0.2) is 0 Å². The number of carbonyl (C=O) groups excluding carboxylic acids is 1. The van der Waals surface area contributed by atoms with Crippen molar-refractivity contribution in [3.8, 4) is 0 Å². The van der Waals surface area contributed by atoms with Gasteiger partial charge in [0.25, 0.3) is 0 Å². The monoisotopic (exact) mass is 240 g/mol. The highest BCUT2D eigenvalue weighted by molar-refractivity contribution is 9.10. The molecule has 0 radical (unpaired) electrons. The number of carbonyl (C=O) groups is 1. The van der Waals surface area contributed by atoms with Gasteiger partial charge < -0.3 is 4.79 Å². The first-order valence-corrected chi connectivity index (χ1v) is 4.99. The Labute approximate surface area is 87.3 Å². The van der Waals surface area contributed by atoms with Crippen molar-refractivity contribution >= 4 is 22.2 Å². The summed E-state index contributed by atoms with van der Waals surface area (Å²) in [5.41, 5.74) is 1.84. The highest BCUT2D eigenvalue weighted by atomic mass is 79.9. The minimum absolute atomic E-state index is 0.395. The largest absolute Gasteiger partial charge is 0.302 e. The minimum atomic E-state index is -0.395. The molecule has 0 spiro atoms. The maximum Gasteiger partial charge on any atom is 0.129 e. The van der Waals surface area contributed by atoms with Crippen LogP contribution in [0.5, 0.6) is 0 Å². The first-order valence-electron chi connectivity index (χ1n) is 4.20. The molecule has 0 aliphatic carbocycles. The number of benzene rings is 1. The smallest absolute Gasteiger partial charge is 0.129 e. The second kappa shape index (κ2) is 3.62. The Hall–Kier alpha value is -0.630. The second-order valence-electron chi connectivity index (χ2n) is 3.80. The SMILES string of the molecule is Cc1ccc(Br)cc1C(C)(C)C=O. The van der Waals surface area contributed by atoms with Gasteiger partial charge in [0.05, 0.1) is 0 Å². The van der Waals surface area contributed by atoms with Crippen LogP contribution < -0.4 is 0 Å². The van der Waals surface area contributed by atoms with Crippen molar-refractivity contribution in [1.82, 2.24) is 0 Å². The van der Waals surface area contributed by atoms with E-state index in [4.69, 9.17) is 0 Å². The summed E-state index contributed by atoms with van der Waals surface area (Å²) in [5.74, 6) is 0. The number of aldehydes is 1. The van der Waals surface area contributed by atoms with Gasteiger partial charge in [0.1, 0.15) is 6.29 Å². The number of rotatable bonds is 2. The predicted molar refractivity (Wildman–Crippen MR) is 58.0 cm³/mol. The van der Waals surface area contributed by atoms with Gasteiger partial charge in [0, 0.05) is 9.89 Å². The summed E-state index contributed by atoms with van der Waals surface area (Å²) in [6.45, 7) is 5.87. The molecule has 0 bridgehead atoms. The fraction of sp³-hybridized carbons (Fsp3) is 0.364. The van der Waals surface area contributed by atoms with Crippen molar-refractivity contribution in [3.05, 3.63) is 33.8 Å². The maximum absolute atomic E-state index is 10.9. The van der Waals surface area contributed by atoms with Gasteiger partial charge >= 0.3 is 0 Å². The summed E-state index contributed by atoms with van der Waals surface area (Å²) in [4.78, 5) is 10.9. The van der Waals surface area contributed by atoms with E-state index >= 15 is 0 Å². The van der Waals surface area contributed by atoms with Crippen molar-refractivity contribution in [2.45, 2.75) is 26.2 Å². The van der Waals surface area contributed by atoms with E-state index in [2.05, 4.69) is 15.9 Å². The molecule has 0 atom stereocenters.